The molecule has 0 fully saturated rings. The standard InChI is InChI=1S/C33H29ClF2N2O4/c1-2-42-31(40)17-20-10-12-24-21-6-5-7-22(18-21)25(8-3-4-9-30(39)37-28(24)16-20)29-15-11-23(19-38(29)41)32-27(35)14-13-26(34)33(32)36/h5-7,10-16,18-19,25H,2-4,8-9,17H2,1H3,(H,37,39)/t25-/m0/s1. The minimum Gasteiger partial charge on any atom is -0.618 e. The van der Waals surface area contributed by atoms with Crippen LogP contribution in [0.1, 0.15) is 55.3 Å². The molecule has 5 rings (SSSR count). The number of esters is 1. The fourth-order valence-electron chi connectivity index (χ4n) is 5.39. The lowest BCUT2D eigenvalue weighted by molar-refractivity contribution is -0.614. The number of ether oxygens (including phenoxy) is 1. The number of hydrogen-bond donors (Lipinski definition) is 1. The first-order valence-corrected chi connectivity index (χ1v) is 14.2. The summed E-state index contributed by atoms with van der Waals surface area (Å²) in [7, 11) is 0. The Balaban J connectivity index is 1.55. The minimum absolute atomic E-state index is 0.0809. The molecule has 9 heteroatoms. The summed E-state index contributed by atoms with van der Waals surface area (Å²) in [6.45, 7) is 2.04. The Morgan fingerprint density at radius 2 is 1.90 bits per heavy atom. The summed E-state index contributed by atoms with van der Waals surface area (Å²) in [6, 6.07) is 18.5. The number of hydrogen-bond acceptors (Lipinski definition) is 4. The van der Waals surface area contributed by atoms with Crippen LogP contribution in [-0.4, -0.2) is 18.5 Å². The van der Waals surface area contributed by atoms with Gasteiger partial charge in [0.2, 0.25) is 5.91 Å². The molecule has 0 unspecified atom stereocenters. The summed E-state index contributed by atoms with van der Waals surface area (Å²) >= 11 is 5.87. The van der Waals surface area contributed by atoms with Gasteiger partial charge in [0.15, 0.2) is 17.7 Å². The van der Waals surface area contributed by atoms with Crippen molar-refractivity contribution in [1.82, 2.24) is 0 Å². The van der Waals surface area contributed by atoms with Crippen LogP contribution >= 0.6 is 11.6 Å². The fourth-order valence-corrected chi connectivity index (χ4v) is 5.55. The Labute approximate surface area is 247 Å². The average Bonchev–Trinajstić information content (AvgIpc) is 2.96. The van der Waals surface area contributed by atoms with E-state index in [0.717, 1.165) is 28.8 Å². The highest BCUT2D eigenvalue weighted by Gasteiger charge is 2.25. The number of nitrogens with zero attached hydrogens (tertiary/aromatic N) is 1. The zero-order valence-corrected chi connectivity index (χ0v) is 23.7. The van der Waals surface area contributed by atoms with Crippen molar-refractivity contribution in [3.05, 3.63) is 112 Å². The second-order valence-corrected chi connectivity index (χ2v) is 10.6. The molecule has 0 aliphatic carbocycles. The average molecular weight is 591 g/mol. The summed E-state index contributed by atoms with van der Waals surface area (Å²) in [6.07, 6.45) is 3.38. The Morgan fingerprint density at radius 3 is 2.69 bits per heavy atom. The van der Waals surface area contributed by atoms with Crippen molar-refractivity contribution in [3.63, 3.8) is 0 Å². The van der Waals surface area contributed by atoms with Crippen molar-refractivity contribution in [2.45, 2.75) is 44.9 Å². The first-order chi connectivity index (χ1) is 20.2. The second-order valence-electron chi connectivity index (χ2n) is 10.2. The molecule has 0 spiro atoms. The van der Waals surface area contributed by atoms with Gasteiger partial charge >= 0.3 is 5.97 Å². The lowest BCUT2D eigenvalue weighted by Crippen LogP contribution is -2.33. The molecule has 216 valence electrons. The highest BCUT2D eigenvalue weighted by molar-refractivity contribution is 6.31. The fraction of sp³-hybridized carbons (Fsp3) is 0.242. The monoisotopic (exact) mass is 590 g/mol. The van der Waals surface area contributed by atoms with Crippen LogP contribution in [0.4, 0.5) is 14.5 Å². The first-order valence-electron chi connectivity index (χ1n) is 13.8. The molecule has 3 aromatic carbocycles. The lowest BCUT2D eigenvalue weighted by Gasteiger charge is -2.20. The molecule has 0 saturated carbocycles. The number of anilines is 1. The summed E-state index contributed by atoms with van der Waals surface area (Å²) in [5, 5.41) is 16.1. The molecule has 2 bridgehead atoms. The van der Waals surface area contributed by atoms with E-state index in [1.807, 2.05) is 36.4 Å². The van der Waals surface area contributed by atoms with E-state index in [2.05, 4.69) is 5.32 Å². The molecule has 1 aromatic heterocycles. The molecule has 4 aromatic rings. The topological polar surface area (TPSA) is 82.3 Å². The van der Waals surface area contributed by atoms with Gasteiger partial charge in [0.05, 0.1) is 35.1 Å². The number of carbonyl (C=O) groups is 2. The summed E-state index contributed by atoms with van der Waals surface area (Å²) in [5.74, 6) is -2.57. The van der Waals surface area contributed by atoms with Crippen LogP contribution in [0, 0.1) is 16.8 Å². The van der Waals surface area contributed by atoms with E-state index >= 15 is 0 Å². The van der Waals surface area contributed by atoms with Gasteiger partial charge in [0, 0.05) is 23.7 Å². The van der Waals surface area contributed by atoms with Crippen LogP contribution in [0.25, 0.3) is 22.3 Å². The molecular weight excluding hydrogens is 562 g/mol. The third-order valence-corrected chi connectivity index (χ3v) is 7.68. The molecule has 1 amide bonds. The Kier molecular flexibility index (Phi) is 8.83. The summed E-state index contributed by atoms with van der Waals surface area (Å²) in [4.78, 5) is 24.9. The Morgan fingerprint density at radius 1 is 1.07 bits per heavy atom. The second kappa shape index (κ2) is 12.7. The van der Waals surface area contributed by atoms with Crippen LogP contribution < -0.4 is 10.0 Å². The Hall–Kier alpha value is -4.30. The van der Waals surface area contributed by atoms with Gasteiger partial charge in [-0.25, -0.2) is 8.78 Å². The van der Waals surface area contributed by atoms with E-state index in [9.17, 15) is 23.6 Å². The SMILES string of the molecule is CCOC(=O)Cc1ccc2c(c1)NC(=O)CCCC[C@H](c1ccc(-c3c(F)ccc(Cl)c3F)c[n+]1[O-])c1cccc-2c1. The van der Waals surface area contributed by atoms with Crippen molar-refractivity contribution < 1.29 is 27.8 Å². The molecule has 6 nitrogen and oxygen atoms in total. The van der Waals surface area contributed by atoms with Crippen molar-refractivity contribution in [2.75, 3.05) is 11.9 Å². The van der Waals surface area contributed by atoms with E-state index in [1.165, 1.54) is 12.3 Å². The highest BCUT2D eigenvalue weighted by atomic mass is 35.5. The number of carbonyl (C=O) groups excluding carboxylic acids is 2. The van der Waals surface area contributed by atoms with E-state index in [4.69, 9.17) is 16.3 Å². The molecule has 1 aliphatic heterocycles. The van der Waals surface area contributed by atoms with Gasteiger partial charge < -0.3 is 15.3 Å². The largest absolute Gasteiger partial charge is 0.618 e. The number of halogens is 3. The maximum atomic E-state index is 14.7. The molecule has 0 saturated heterocycles. The van der Waals surface area contributed by atoms with Gasteiger partial charge in [-0.1, -0.05) is 54.4 Å². The number of rotatable bonds is 5. The van der Waals surface area contributed by atoms with Gasteiger partial charge in [-0.2, -0.15) is 4.73 Å². The van der Waals surface area contributed by atoms with Crippen LogP contribution in [0.5, 0.6) is 0 Å². The van der Waals surface area contributed by atoms with E-state index in [1.54, 1.807) is 19.1 Å². The zero-order valence-electron chi connectivity index (χ0n) is 23.0. The smallest absolute Gasteiger partial charge is 0.310 e. The van der Waals surface area contributed by atoms with Crippen molar-refractivity contribution in [3.8, 4) is 22.3 Å². The van der Waals surface area contributed by atoms with E-state index in [-0.39, 0.29) is 53.4 Å². The van der Waals surface area contributed by atoms with Gasteiger partial charge in [-0.3, -0.25) is 9.59 Å². The number of amides is 1. The highest BCUT2D eigenvalue weighted by Crippen LogP contribution is 2.36. The van der Waals surface area contributed by atoms with E-state index in [0.29, 0.717) is 40.9 Å². The number of nitrogens with one attached hydrogen (secondary N) is 1. The Bertz CT molecular complexity index is 1660. The van der Waals surface area contributed by atoms with Gasteiger partial charge in [0.25, 0.3) is 0 Å². The predicted molar refractivity (Wildman–Crippen MR) is 157 cm³/mol. The molecule has 1 atom stereocenters. The molecule has 0 radical (unpaired) electrons. The van der Waals surface area contributed by atoms with Crippen LogP contribution in [0.3, 0.4) is 0 Å². The van der Waals surface area contributed by atoms with Gasteiger partial charge in [0.1, 0.15) is 5.82 Å². The van der Waals surface area contributed by atoms with Gasteiger partial charge in [-0.15, -0.1) is 0 Å². The molecular formula is C33H29ClF2N2O4. The van der Waals surface area contributed by atoms with E-state index < -0.39 is 11.6 Å². The van der Waals surface area contributed by atoms with Crippen LogP contribution in [0.15, 0.2) is 72.9 Å². The molecule has 1 aliphatic rings. The van der Waals surface area contributed by atoms with Crippen molar-refractivity contribution in [2.24, 2.45) is 0 Å². The van der Waals surface area contributed by atoms with Crippen LogP contribution in [-0.2, 0) is 20.7 Å². The lowest BCUT2D eigenvalue weighted by atomic mass is 9.87. The number of pyridine rings is 1. The minimum atomic E-state index is -0.925. The predicted octanol–water partition coefficient (Wildman–Crippen LogP) is 7.34. The number of fused-ring (bicyclic) bond motifs is 4. The number of aromatic nitrogens is 1. The summed E-state index contributed by atoms with van der Waals surface area (Å²) < 4.78 is 34.9. The molecule has 2 heterocycles. The first kappa shape index (κ1) is 29.2. The van der Waals surface area contributed by atoms with Gasteiger partial charge in [-0.05, 0) is 60.7 Å². The third-order valence-electron chi connectivity index (χ3n) is 7.39. The van der Waals surface area contributed by atoms with Crippen molar-refractivity contribution >= 4 is 29.2 Å². The van der Waals surface area contributed by atoms with Crippen LogP contribution in [0.2, 0.25) is 5.02 Å². The zero-order chi connectivity index (χ0) is 29.8. The molecule has 1 N–H and O–H groups in total. The maximum absolute atomic E-state index is 14.7. The quantitative estimate of drug-likeness (QED) is 0.114. The third kappa shape index (κ3) is 6.29. The maximum Gasteiger partial charge on any atom is 0.310 e. The summed E-state index contributed by atoms with van der Waals surface area (Å²) in [5.41, 5.74) is 3.94. The number of benzene rings is 3. The molecule has 42 heavy (non-hydrogen) atoms. The normalized spacial score (nSPS) is 15.1. The van der Waals surface area contributed by atoms with Crippen molar-refractivity contribution in [1.29, 1.82) is 0 Å².